The second-order valence-corrected chi connectivity index (χ2v) is 5.02. The van der Waals surface area contributed by atoms with Gasteiger partial charge in [-0.1, -0.05) is 66.2 Å². The van der Waals surface area contributed by atoms with E-state index in [2.05, 4.69) is 42.2 Å². The van der Waals surface area contributed by atoms with E-state index in [4.69, 9.17) is 4.42 Å². The quantitative estimate of drug-likeness (QED) is 0.676. The SMILES string of the molecule is Cc1ccc(-c2cnc(/C=C/Cc3ccccc3)o2)cc1. The standard InChI is InChI=1S/C19H17NO/c1-15-10-12-17(13-11-15)18-14-20-19(21-18)9-5-8-16-6-3-2-4-7-16/h2-7,9-14H,8H2,1H3/b9-5+. The molecule has 3 rings (SSSR count). The summed E-state index contributed by atoms with van der Waals surface area (Å²) in [6, 6.07) is 18.6. The van der Waals surface area contributed by atoms with E-state index < -0.39 is 0 Å². The lowest BCUT2D eigenvalue weighted by molar-refractivity contribution is 0.560. The summed E-state index contributed by atoms with van der Waals surface area (Å²) in [5, 5.41) is 0. The van der Waals surface area contributed by atoms with Gasteiger partial charge in [-0.2, -0.15) is 0 Å². The third-order valence-corrected chi connectivity index (χ3v) is 3.32. The molecule has 0 aliphatic heterocycles. The Labute approximate surface area is 124 Å². The summed E-state index contributed by atoms with van der Waals surface area (Å²) in [6.07, 6.45) is 6.64. The molecule has 0 saturated heterocycles. The largest absolute Gasteiger partial charge is 0.437 e. The van der Waals surface area contributed by atoms with Gasteiger partial charge in [0.2, 0.25) is 5.89 Å². The van der Waals surface area contributed by atoms with E-state index in [9.17, 15) is 0 Å². The number of nitrogens with zero attached hydrogens (tertiary/aromatic N) is 1. The number of benzene rings is 2. The molecule has 2 heteroatoms. The summed E-state index contributed by atoms with van der Waals surface area (Å²) in [7, 11) is 0. The van der Waals surface area contributed by atoms with Crippen LogP contribution in [0.4, 0.5) is 0 Å². The number of rotatable bonds is 4. The van der Waals surface area contributed by atoms with E-state index >= 15 is 0 Å². The van der Waals surface area contributed by atoms with Crippen molar-refractivity contribution in [2.75, 3.05) is 0 Å². The summed E-state index contributed by atoms with van der Waals surface area (Å²) >= 11 is 0. The minimum atomic E-state index is 0.640. The van der Waals surface area contributed by atoms with Gasteiger partial charge in [-0.3, -0.25) is 0 Å². The predicted molar refractivity (Wildman–Crippen MR) is 85.9 cm³/mol. The van der Waals surface area contributed by atoms with Crippen molar-refractivity contribution in [2.45, 2.75) is 13.3 Å². The van der Waals surface area contributed by atoms with E-state index in [0.29, 0.717) is 5.89 Å². The van der Waals surface area contributed by atoms with Crippen LogP contribution < -0.4 is 0 Å². The molecule has 0 spiro atoms. The number of aryl methyl sites for hydroxylation is 1. The van der Waals surface area contributed by atoms with Crippen LogP contribution in [0.15, 0.2) is 71.3 Å². The van der Waals surface area contributed by atoms with Crippen molar-refractivity contribution >= 4 is 6.08 Å². The fourth-order valence-corrected chi connectivity index (χ4v) is 2.13. The van der Waals surface area contributed by atoms with Gasteiger partial charge in [0.1, 0.15) is 0 Å². The monoisotopic (exact) mass is 275 g/mol. The van der Waals surface area contributed by atoms with Gasteiger partial charge in [-0.15, -0.1) is 0 Å². The van der Waals surface area contributed by atoms with Crippen LogP contribution in [0, 0.1) is 6.92 Å². The fourth-order valence-electron chi connectivity index (χ4n) is 2.13. The van der Waals surface area contributed by atoms with E-state index in [1.165, 1.54) is 11.1 Å². The first-order valence-corrected chi connectivity index (χ1v) is 7.04. The zero-order chi connectivity index (χ0) is 14.5. The summed E-state index contributed by atoms with van der Waals surface area (Å²) in [6.45, 7) is 2.07. The highest BCUT2D eigenvalue weighted by Crippen LogP contribution is 2.21. The molecule has 0 fully saturated rings. The van der Waals surface area contributed by atoms with Crippen LogP contribution >= 0.6 is 0 Å². The van der Waals surface area contributed by atoms with E-state index in [-0.39, 0.29) is 0 Å². The van der Waals surface area contributed by atoms with Crippen LogP contribution in [0.1, 0.15) is 17.0 Å². The molecule has 1 aromatic heterocycles. The average molecular weight is 275 g/mol. The third-order valence-electron chi connectivity index (χ3n) is 3.32. The van der Waals surface area contributed by atoms with Gasteiger partial charge in [0.15, 0.2) is 5.76 Å². The number of oxazole rings is 1. The van der Waals surface area contributed by atoms with Crippen molar-refractivity contribution in [1.29, 1.82) is 0 Å². The van der Waals surface area contributed by atoms with Crippen LogP contribution in [0.3, 0.4) is 0 Å². The summed E-state index contributed by atoms with van der Waals surface area (Å²) in [5.74, 6) is 1.44. The number of aromatic nitrogens is 1. The second-order valence-electron chi connectivity index (χ2n) is 5.02. The van der Waals surface area contributed by atoms with E-state index in [1.54, 1.807) is 6.20 Å². The number of hydrogen-bond acceptors (Lipinski definition) is 2. The fraction of sp³-hybridized carbons (Fsp3) is 0.105. The molecule has 0 saturated carbocycles. The van der Waals surface area contributed by atoms with Crippen molar-refractivity contribution in [3.05, 3.63) is 83.9 Å². The Kier molecular flexibility index (Phi) is 3.97. The summed E-state index contributed by atoms with van der Waals surface area (Å²) in [4.78, 5) is 4.29. The van der Waals surface area contributed by atoms with Crippen LogP contribution in [0.25, 0.3) is 17.4 Å². The molecule has 0 aliphatic rings. The highest BCUT2D eigenvalue weighted by Gasteiger charge is 2.03. The third kappa shape index (κ3) is 3.48. The van der Waals surface area contributed by atoms with Gasteiger partial charge in [0, 0.05) is 5.56 Å². The molecule has 104 valence electrons. The Balaban J connectivity index is 1.69. The van der Waals surface area contributed by atoms with Gasteiger partial charge in [0.05, 0.1) is 6.20 Å². The van der Waals surface area contributed by atoms with Crippen molar-refractivity contribution in [3.8, 4) is 11.3 Å². The molecule has 2 nitrogen and oxygen atoms in total. The molecule has 0 N–H and O–H groups in total. The van der Waals surface area contributed by atoms with Gasteiger partial charge in [0.25, 0.3) is 0 Å². The van der Waals surface area contributed by atoms with Crippen molar-refractivity contribution in [2.24, 2.45) is 0 Å². The van der Waals surface area contributed by atoms with E-state index in [0.717, 1.165) is 17.7 Å². The molecular formula is C19H17NO. The molecular weight excluding hydrogens is 258 g/mol. The lowest BCUT2D eigenvalue weighted by atomic mass is 10.1. The highest BCUT2D eigenvalue weighted by atomic mass is 16.4. The smallest absolute Gasteiger partial charge is 0.219 e. The Morgan fingerprint density at radius 2 is 1.76 bits per heavy atom. The van der Waals surface area contributed by atoms with Crippen molar-refractivity contribution < 1.29 is 4.42 Å². The second kappa shape index (κ2) is 6.23. The zero-order valence-corrected chi connectivity index (χ0v) is 12.0. The van der Waals surface area contributed by atoms with Gasteiger partial charge in [-0.25, -0.2) is 4.98 Å². The first-order chi connectivity index (χ1) is 10.3. The molecule has 21 heavy (non-hydrogen) atoms. The Hall–Kier alpha value is -2.61. The zero-order valence-electron chi connectivity index (χ0n) is 12.0. The highest BCUT2D eigenvalue weighted by molar-refractivity contribution is 5.58. The molecule has 2 aromatic carbocycles. The summed E-state index contributed by atoms with van der Waals surface area (Å²) < 4.78 is 5.75. The van der Waals surface area contributed by atoms with Crippen LogP contribution in [-0.2, 0) is 6.42 Å². The molecule has 0 atom stereocenters. The maximum Gasteiger partial charge on any atom is 0.219 e. The molecule has 0 aliphatic carbocycles. The summed E-state index contributed by atoms with van der Waals surface area (Å²) in [5.41, 5.74) is 3.57. The normalized spacial score (nSPS) is 11.1. The predicted octanol–water partition coefficient (Wildman–Crippen LogP) is 4.91. The molecule has 1 heterocycles. The van der Waals surface area contributed by atoms with E-state index in [1.807, 2.05) is 36.4 Å². The first kappa shape index (κ1) is 13.4. The molecule has 0 bridgehead atoms. The molecule has 0 unspecified atom stereocenters. The molecule has 0 radical (unpaired) electrons. The minimum absolute atomic E-state index is 0.640. The first-order valence-electron chi connectivity index (χ1n) is 7.04. The van der Waals surface area contributed by atoms with Crippen molar-refractivity contribution in [3.63, 3.8) is 0 Å². The maximum atomic E-state index is 5.75. The average Bonchev–Trinajstić information content (AvgIpc) is 2.98. The molecule has 0 amide bonds. The van der Waals surface area contributed by atoms with Crippen LogP contribution in [0.5, 0.6) is 0 Å². The van der Waals surface area contributed by atoms with Crippen LogP contribution in [0.2, 0.25) is 0 Å². The minimum Gasteiger partial charge on any atom is -0.437 e. The van der Waals surface area contributed by atoms with Crippen molar-refractivity contribution in [1.82, 2.24) is 4.98 Å². The Morgan fingerprint density at radius 1 is 1.00 bits per heavy atom. The topological polar surface area (TPSA) is 26.0 Å². The number of hydrogen-bond donors (Lipinski definition) is 0. The lowest BCUT2D eigenvalue weighted by Gasteiger charge is -1.96. The lowest BCUT2D eigenvalue weighted by Crippen LogP contribution is -1.78. The van der Waals surface area contributed by atoms with Gasteiger partial charge >= 0.3 is 0 Å². The Bertz CT molecular complexity index is 724. The van der Waals surface area contributed by atoms with Gasteiger partial charge < -0.3 is 4.42 Å². The Morgan fingerprint density at radius 3 is 2.52 bits per heavy atom. The van der Waals surface area contributed by atoms with Gasteiger partial charge in [-0.05, 0) is 25.0 Å². The number of allylic oxidation sites excluding steroid dienone is 1. The van der Waals surface area contributed by atoms with Crippen LogP contribution in [-0.4, -0.2) is 4.98 Å². The maximum absolute atomic E-state index is 5.75. The molecule has 3 aromatic rings.